The molecule has 17 heavy (non-hydrogen) atoms. The molecule has 0 bridgehead atoms. The minimum absolute atomic E-state index is 0.176. The van der Waals surface area contributed by atoms with Gasteiger partial charge >= 0.3 is 6.03 Å². The Hall–Kier alpha value is -0.890. The second kappa shape index (κ2) is 5.18. The largest absolute Gasteiger partial charge is 0.325 e. The molecule has 0 aromatic rings. The van der Waals surface area contributed by atoms with Crippen LogP contribution in [0.2, 0.25) is 0 Å². The molecular formula is C12H19N3OS. The van der Waals surface area contributed by atoms with Gasteiger partial charge in [-0.05, 0) is 31.9 Å². The third-order valence-corrected chi connectivity index (χ3v) is 5.09. The van der Waals surface area contributed by atoms with Gasteiger partial charge in [0.25, 0.3) is 0 Å². The Labute approximate surface area is 107 Å². The van der Waals surface area contributed by atoms with E-state index in [0.29, 0.717) is 0 Å². The molecule has 0 aromatic heterocycles. The lowest BCUT2D eigenvalue weighted by atomic mass is 9.97. The van der Waals surface area contributed by atoms with Crippen LogP contribution < -0.4 is 0 Å². The van der Waals surface area contributed by atoms with Crippen molar-refractivity contribution in [2.75, 3.05) is 32.4 Å². The SMILES string of the molecule is CSC1(C#N)CCN(C(=O)N2CCCC2)CC1. The van der Waals surface area contributed by atoms with Crippen LogP contribution in [0.5, 0.6) is 0 Å². The van der Waals surface area contributed by atoms with Crippen molar-refractivity contribution in [2.24, 2.45) is 0 Å². The van der Waals surface area contributed by atoms with Crippen LogP contribution in [0.3, 0.4) is 0 Å². The zero-order valence-corrected chi connectivity index (χ0v) is 11.1. The maximum absolute atomic E-state index is 12.2. The zero-order valence-electron chi connectivity index (χ0n) is 10.3. The Bertz CT molecular complexity index is 325. The summed E-state index contributed by atoms with van der Waals surface area (Å²) in [5, 5.41) is 9.19. The molecule has 0 unspecified atom stereocenters. The Morgan fingerprint density at radius 2 is 1.71 bits per heavy atom. The molecule has 4 nitrogen and oxygen atoms in total. The van der Waals surface area contributed by atoms with E-state index >= 15 is 0 Å². The predicted molar refractivity (Wildman–Crippen MR) is 68.9 cm³/mol. The van der Waals surface area contributed by atoms with E-state index in [4.69, 9.17) is 0 Å². The van der Waals surface area contributed by atoms with Gasteiger partial charge in [-0.3, -0.25) is 0 Å². The number of nitriles is 1. The highest BCUT2D eigenvalue weighted by Crippen LogP contribution is 2.34. The zero-order chi connectivity index (χ0) is 12.3. The van der Waals surface area contributed by atoms with Crippen LogP contribution >= 0.6 is 11.8 Å². The molecule has 0 aromatic carbocycles. The summed E-state index contributed by atoms with van der Waals surface area (Å²) in [6.07, 6.45) is 5.84. The fourth-order valence-electron chi connectivity index (χ4n) is 2.53. The molecule has 5 heteroatoms. The van der Waals surface area contributed by atoms with Crippen LogP contribution in [-0.4, -0.2) is 53.0 Å². The molecule has 0 aliphatic carbocycles. The van der Waals surface area contributed by atoms with E-state index in [1.54, 1.807) is 11.8 Å². The average molecular weight is 253 g/mol. The fraction of sp³-hybridized carbons (Fsp3) is 0.833. The molecule has 2 rings (SSSR count). The first-order valence-corrected chi connectivity index (χ1v) is 7.43. The molecule has 2 heterocycles. The summed E-state index contributed by atoms with van der Waals surface area (Å²) in [6, 6.07) is 2.58. The molecule has 0 radical (unpaired) electrons. The number of urea groups is 1. The van der Waals surface area contributed by atoms with Gasteiger partial charge in [-0.2, -0.15) is 5.26 Å². The summed E-state index contributed by atoms with van der Waals surface area (Å²) in [4.78, 5) is 16.0. The lowest BCUT2D eigenvalue weighted by Crippen LogP contribution is -2.49. The lowest BCUT2D eigenvalue weighted by molar-refractivity contribution is 0.150. The molecule has 0 N–H and O–H groups in total. The van der Waals surface area contributed by atoms with Crippen molar-refractivity contribution in [1.82, 2.24) is 9.80 Å². The van der Waals surface area contributed by atoms with Gasteiger partial charge in [0, 0.05) is 26.2 Å². The first-order chi connectivity index (χ1) is 8.21. The van der Waals surface area contributed by atoms with Gasteiger partial charge in [0.15, 0.2) is 0 Å². The van der Waals surface area contributed by atoms with Crippen LogP contribution in [0, 0.1) is 11.3 Å². The molecular weight excluding hydrogens is 234 g/mol. The number of piperidine rings is 1. The van der Waals surface area contributed by atoms with Crippen molar-refractivity contribution in [3.05, 3.63) is 0 Å². The van der Waals surface area contributed by atoms with E-state index in [-0.39, 0.29) is 10.8 Å². The predicted octanol–water partition coefficient (Wildman–Crippen LogP) is 1.92. The molecule has 2 saturated heterocycles. The maximum atomic E-state index is 12.2. The highest BCUT2D eigenvalue weighted by atomic mass is 32.2. The minimum atomic E-state index is -0.262. The fourth-order valence-corrected chi connectivity index (χ4v) is 3.21. The minimum Gasteiger partial charge on any atom is -0.325 e. The van der Waals surface area contributed by atoms with E-state index in [2.05, 4.69) is 6.07 Å². The number of amides is 2. The monoisotopic (exact) mass is 253 g/mol. The maximum Gasteiger partial charge on any atom is 0.320 e. The van der Waals surface area contributed by atoms with E-state index < -0.39 is 0 Å². The Morgan fingerprint density at radius 3 is 2.18 bits per heavy atom. The number of rotatable bonds is 1. The highest BCUT2D eigenvalue weighted by molar-refractivity contribution is 8.00. The third-order valence-electron chi connectivity index (χ3n) is 3.81. The number of hydrogen-bond donors (Lipinski definition) is 0. The van der Waals surface area contributed by atoms with Crippen LogP contribution in [0.15, 0.2) is 0 Å². The van der Waals surface area contributed by atoms with Crippen molar-refractivity contribution in [3.63, 3.8) is 0 Å². The van der Waals surface area contributed by atoms with E-state index in [1.807, 2.05) is 16.1 Å². The average Bonchev–Trinajstić information content (AvgIpc) is 2.92. The van der Waals surface area contributed by atoms with Gasteiger partial charge in [-0.25, -0.2) is 4.79 Å². The van der Waals surface area contributed by atoms with Gasteiger partial charge in [0.1, 0.15) is 4.75 Å². The van der Waals surface area contributed by atoms with Gasteiger partial charge < -0.3 is 9.80 Å². The van der Waals surface area contributed by atoms with E-state index in [9.17, 15) is 10.1 Å². The van der Waals surface area contributed by atoms with Crippen molar-refractivity contribution in [2.45, 2.75) is 30.4 Å². The van der Waals surface area contributed by atoms with Gasteiger partial charge in [-0.1, -0.05) is 0 Å². The molecule has 0 saturated carbocycles. The summed E-state index contributed by atoms with van der Waals surface area (Å²) in [6.45, 7) is 3.26. The van der Waals surface area contributed by atoms with E-state index in [1.165, 1.54) is 0 Å². The summed E-state index contributed by atoms with van der Waals surface area (Å²) in [7, 11) is 0. The number of hydrogen-bond acceptors (Lipinski definition) is 3. The summed E-state index contributed by atoms with van der Waals surface area (Å²) < 4.78 is -0.262. The van der Waals surface area contributed by atoms with Crippen LogP contribution in [0.1, 0.15) is 25.7 Å². The number of carbonyl (C=O) groups excluding carboxylic acids is 1. The highest BCUT2D eigenvalue weighted by Gasteiger charge is 2.36. The quantitative estimate of drug-likeness (QED) is 0.717. The van der Waals surface area contributed by atoms with Crippen molar-refractivity contribution < 1.29 is 4.79 Å². The normalized spacial score (nSPS) is 23.5. The van der Waals surface area contributed by atoms with Crippen LogP contribution in [-0.2, 0) is 0 Å². The number of likely N-dealkylation sites (tertiary alicyclic amines) is 2. The first-order valence-electron chi connectivity index (χ1n) is 6.21. The number of thioether (sulfide) groups is 1. The Morgan fingerprint density at radius 1 is 1.18 bits per heavy atom. The lowest BCUT2D eigenvalue weighted by Gasteiger charge is -2.37. The topological polar surface area (TPSA) is 47.3 Å². The molecule has 2 aliphatic heterocycles. The van der Waals surface area contributed by atoms with Crippen LogP contribution in [0.4, 0.5) is 4.79 Å². The summed E-state index contributed by atoms with van der Waals surface area (Å²) >= 11 is 1.63. The van der Waals surface area contributed by atoms with Crippen molar-refractivity contribution in [3.8, 4) is 6.07 Å². The molecule has 2 aliphatic rings. The molecule has 0 spiro atoms. The molecule has 0 atom stereocenters. The first kappa shape index (κ1) is 12.6. The smallest absolute Gasteiger partial charge is 0.320 e. The summed E-state index contributed by atoms with van der Waals surface area (Å²) in [5.41, 5.74) is 0. The molecule has 94 valence electrons. The van der Waals surface area contributed by atoms with Crippen molar-refractivity contribution in [1.29, 1.82) is 5.26 Å². The Balaban J connectivity index is 1.90. The second-order valence-electron chi connectivity index (χ2n) is 4.77. The molecule has 2 amide bonds. The van der Waals surface area contributed by atoms with Gasteiger partial charge in [-0.15, -0.1) is 11.8 Å². The Kier molecular flexibility index (Phi) is 3.82. The van der Waals surface area contributed by atoms with Crippen molar-refractivity contribution >= 4 is 17.8 Å². The summed E-state index contributed by atoms with van der Waals surface area (Å²) in [5.74, 6) is 0. The number of carbonyl (C=O) groups is 1. The van der Waals surface area contributed by atoms with E-state index in [0.717, 1.165) is 51.9 Å². The van der Waals surface area contributed by atoms with Gasteiger partial charge in [0.2, 0.25) is 0 Å². The second-order valence-corrected chi connectivity index (χ2v) is 5.96. The third kappa shape index (κ3) is 2.52. The van der Waals surface area contributed by atoms with Gasteiger partial charge in [0.05, 0.1) is 6.07 Å². The standard InChI is InChI=1S/C12H19N3OS/c1-17-12(10-13)4-8-15(9-5-12)11(16)14-6-2-3-7-14/h2-9H2,1H3. The molecule has 2 fully saturated rings. The number of nitrogens with zero attached hydrogens (tertiary/aromatic N) is 3. The van der Waals surface area contributed by atoms with Crippen LogP contribution in [0.25, 0.3) is 0 Å².